The molecule has 23 heavy (non-hydrogen) atoms. The molecule has 0 atom stereocenters. The van der Waals surface area contributed by atoms with E-state index in [1.54, 1.807) is 23.1 Å². The van der Waals surface area contributed by atoms with E-state index in [1.807, 2.05) is 0 Å². The second kappa shape index (κ2) is 7.82. The maximum atomic E-state index is 12.3. The van der Waals surface area contributed by atoms with E-state index in [1.165, 1.54) is 14.2 Å². The number of carbonyl (C=O) groups is 2. The number of anilines is 1. The number of amides is 2. The normalized spacial score (nSPS) is 15.2. The summed E-state index contributed by atoms with van der Waals surface area (Å²) in [6.45, 7) is 5.75. The molecule has 7 heteroatoms. The summed E-state index contributed by atoms with van der Waals surface area (Å²) in [5, 5.41) is 2.61. The summed E-state index contributed by atoms with van der Waals surface area (Å²) in [7, 11) is 3.04. The molecule has 0 aliphatic carbocycles. The van der Waals surface area contributed by atoms with Gasteiger partial charge in [-0.15, -0.1) is 0 Å². The monoisotopic (exact) mass is 321 g/mol. The van der Waals surface area contributed by atoms with E-state index >= 15 is 0 Å². The lowest BCUT2D eigenvalue weighted by atomic mass is 10.2. The molecule has 2 amide bonds. The third-order valence-corrected chi connectivity index (χ3v) is 3.96. The van der Waals surface area contributed by atoms with E-state index < -0.39 is 11.8 Å². The largest absolute Gasteiger partial charge is 0.497 e. The van der Waals surface area contributed by atoms with Gasteiger partial charge in [0.2, 0.25) is 0 Å². The Hall–Kier alpha value is -2.28. The molecule has 1 aromatic carbocycles. The first-order valence-corrected chi connectivity index (χ1v) is 7.63. The fourth-order valence-electron chi connectivity index (χ4n) is 2.50. The van der Waals surface area contributed by atoms with Gasteiger partial charge in [-0.05, 0) is 18.7 Å². The highest BCUT2D eigenvalue weighted by Crippen LogP contribution is 2.28. The van der Waals surface area contributed by atoms with Crippen molar-refractivity contribution in [2.75, 3.05) is 52.3 Å². The first-order valence-electron chi connectivity index (χ1n) is 7.63. The zero-order valence-electron chi connectivity index (χ0n) is 13.8. The van der Waals surface area contributed by atoms with Crippen LogP contribution >= 0.6 is 0 Å². The van der Waals surface area contributed by atoms with Crippen LogP contribution in [0.3, 0.4) is 0 Å². The number of nitrogens with one attached hydrogen (secondary N) is 1. The number of rotatable bonds is 4. The average molecular weight is 321 g/mol. The maximum Gasteiger partial charge on any atom is 0.314 e. The molecule has 1 aliphatic heterocycles. The summed E-state index contributed by atoms with van der Waals surface area (Å²) in [5.41, 5.74) is 0.414. The van der Waals surface area contributed by atoms with Crippen molar-refractivity contribution >= 4 is 17.5 Å². The van der Waals surface area contributed by atoms with Crippen molar-refractivity contribution in [3.8, 4) is 11.5 Å². The summed E-state index contributed by atoms with van der Waals surface area (Å²) in [4.78, 5) is 28.3. The number of hydrogen-bond donors (Lipinski definition) is 1. The highest BCUT2D eigenvalue weighted by molar-refractivity contribution is 6.39. The Balaban J connectivity index is 2.02. The van der Waals surface area contributed by atoms with Crippen LogP contribution in [0.2, 0.25) is 0 Å². The third-order valence-electron chi connectivity index (χ3n) is 3.96. The van der Waals surface area contributed by atoms with Gasteiger partial charge in [0.05, 0.1) is 19.9 Å². The van der Waals surface area contributed by atoms with E-state index in [2.05, 4.69) is 17.1 Å². The zero-order valence-corrected chi connectivity index (χ0v) is 13.8. The van der Waals surface area contributed by atoms with Crippen molar-refractivity contribution in [2.45, 2.75) is 6.92 Å². The Morgan fingerprint density at radius 1 is 1.13 bits per heavy atom. The van der Waals surface area contributed by atoms with Crippen molar-refractivity contribution < 1.29 is 19.1 Å². The summed E-state index contributed by atoms with van der Waals surface area (Å²) in [5.74, 6) is -0.139. The maximum absolute atomic E-state index is 12.3. The smallest absolute Gasteiger partial charge is 0.314 e. The second-order valence-corrected chi connectivity index (χ2v) is 5.25. The predicted molar refractivity (Wildman–Crippen MR) is 86.9 cm³/mol. The molecule has 1 heterocycles. The summed E-state index contributed by atoms with van der Waals surface area (Å²) in [6, 6.07) is 5.03. The first kappa shape index (κ1) is 17.1. The van der Waals surface area contributed by atoms with Gasteiger partial charge in [-0.3, -0.25) is 9.59 Å². The van der Waals surface area contributed by atoms with E-state index in [0.717, 1.165) is 19.6 Å². The van der Waals surface area contributed by atoms with Crippen molar-refractivity contribution in [1.29, 1.82) is 0 Å². The standard InChI is InChI=1S/C16H23N3O4/c1-4-18-7-9-19(10-8-18)16(21)15(20)17-13-11-12(22-2)5-6-14(13)23-3/h5-6,11H,4,7-10H2,1-3H3,(H,17,20). The number of benzene rings is 1. The Kier molecular flexibility index (Phi) is 5.81. The Labute approximate surface area is 136 Å². The molecule has 1 fully saturated rings. The van der Waals surface area contributed by atoms with E-state index in [0.29, 0.717) is 30.3 Å². The lowest BCUT2D eigenvalue weighted by Gasteiger charge is -2.33. The number of hydrogen-bond acceptors (Lipinski definition) is 5. The second-order valence-electron chi connectivity index (χ2n) is 5.25. The quantitative estimate of drug-likeness (QED) is 0.831. The molecule has 0 unspecified atom stereocenters. The van der Waals surface area contributed by atoms with Gasteiger partial charge in [-0.25, -0.2) is 0 Å². The van der Waals surface area contributed by atoms with Crippen LogP contribution in [0, 0.1) is 0 Å². The lowest BCUT2D eigenvalue weighted by molar-refractivity contribution is -0.144. The third kappa shape index (κ3) is 4.13. The lowest BCUT2D eigenvalue weighted by Crippen LogP contribution is -2.51. The Morgan fingerprint density at radius 3 is 2.39 bits per heavy atom. The molecule has 0 radical (unpaired) electrons. The minimum absolute atomic E-state index is 0.414. The predicted octanol–water partition coefficient (Wildman–Crippen LogP) is 0.806. The van der Waals surface area contributed by atoms with Crippen LogP contribution in [0.4, 0.5) is 5.69 Å². The van der Waals surface area contributed by atoms with Gasteiger partial charge in [-0.2, -0.15) is 0 Å². The van der Waals surface area contributed by atoms with Crippen molar-refractivity contribution in [1.82, 2.24) is 9.80 Å². The summed E-state index contributed by atoms with van der Waals surface area (Å²) < 4.78 is 10.3. The molecule has 0 spiro atoms. The SMILES string of the molecule is CCN1CCN(C(=O)C(=O)Nc2cc(OC)ccc2OC)CC1. The molecular formula is C16H23N3O4. The highest BCUT2D eigenvalue weighted by Gasteiger charge is 2.26. The molecule has 126 valence electrons. The Morgan fingerprint density at radius 2 is 1.83 bits per heavy atom. The summed E-state index contributed by atoms with van der Waals surface area (Å²) >= 11 is 0. The van der Waals surface area contributed by atoms with Crippen LogP contribution in [0.5, 0.6) is 11.5 Å². The van der Waals surface area contributed by atoms with Gasteiger partial charge in [-0.1, -0.05) is 6.92 Å². The molecule has 0 saturated carbocycles. The Bertz CT molecular complexity index is 568. The van der Waals surface area contributed by atoms with Gasteiger partial charge in [0.1, 0.15) is 11.5 Å². The van der Waals surface area contributed by atoms with Crippen LogP contribution in [0.25, 0.3) is 0 Å². The number of carbonyl (C=O) groups excluding carboxylic acids is 2. The molecule has 7 nitrogen and oxygen atoms in total. The van der Waals surface area contributed by atoms with Gasteiger partial charge >= 0.3 is 11.8 Å². The van der Waals surface area contributed by atoms with Crippen molar-refractivity contribution in [3.63, 3.8) is 0 Å². The van der Waals surface area contributed by atoms with Gasteiger partial charge in [0.15, 0.2) is 0 Å². The topological polar surface area (TPSA) is 71.1 Å². The number of nitrogens with zero attached hydrogens (tertiary/aromatic N) is 2. The van der Waals surface area contributed by atoms with Gasteiger partial charge in [0.25, 0.3) is 0 Å². The number of methoxy groups -OCH3 is 2. The fourth-order valence-corrected chi connectivity index (χ4v) is 2.50. The van der Waals surface area contributed by atoms with Gasteiger partial charge < -0.3 is 24.6 Å². The van der Waals surface area contributed by atoms with Crippen LogP contribution in [-0.2, 0) is 9.59 Å². The molecule has 1 N–H and O–H groups in total. The molecule has 2 rings (SSSR count). The first-order chi connectivity index (χ1) is 11.1. The molecule has 0 bridgehead atoms. The summed E-state index contributed by atoms with van der Waals surface area (Å²) in [6.07, 6.45) is 0. The molecule has 1 aliphatic rings. The van der Waals surface area contributed by atoms with E-state index in [9.17, 15) is 9.59 Å². The highest BCUT2D eigenvalue weighted by atomic mass is 16.5. The van der Waals surface area contributed by atoms with Crippen LogP contribution in [0.15, 0.2) is 18.2 Å². The number of likely N-dealkylation sites (N-methyl/N-ethyl adjacent to an activating group) is 1. The molecule has 0 aromatic heterocycles. The van der Waals surface area contributed by atoms with Crippen LogP contribution in [0.1, 0.15) is 6.92 Å². The van der Waals surface area contributed by atoms with Crippen molar-refractivity contribution in [3.05, 3.63) is 18.2 Å². The molecule has 1 aromatic rings. The average Bonchev–Trinajstić information content (AvgIpc) is 2.61. The fraction of sp³-hybridized carbons (Fsp3) is 0.500. The molecular weight excluding hydrogens is 298 g/mol. The molecule has 1 saturated heterocycles. The number of piperazine rings is 1. The van der Waals surface area contributed by atoms with E-state index in [-0.39, 0.29) is 0 Å². The van der Waals surface area contributed by atoms with Crippen molar-refractivity contribution in [2.24, 2.45) is 0 Å². The van der Waals surface area contributed by atoms with E-state index in [4.69, 9.17) is 9.47 Å². The number of ether oxygens (including phenoxy) is 2. The van der Waals surface area contributed by atoms with Crippen LogP contribution in [-0.4, -0.2) is 68.6 Å². The zero-order chi connectivity index (χ0) is 16.8. The van der Waals surface area contributed by atoms with Crippen LogP contribution < -0.4 is 14.8 Å². The minimum atomic E-state index is -0.665. The van der Waals surface area contributed by atoms with Gasteiger partial charge in [0, 0.05) is 32.2 Å². The minimum Gasteiger partial charge on any atom is -0.497 e.